The zero-order valence-electron chi connectivity index (χ0n) is 27.7. The Morgan fingerprint density at radius 2 is 1.08 bits per heavy atom. The Labute approximate surface area is 285 Å². The van der Waals surface area contributed by atoms with E-state index in [2.05, 4.69) is 0 Å². The van der Waals surface area contributed by atoms with E-state index in [-0.39, 0.29) is 35.9 Å². The summed E-state index contributed by atoms with van der Waals surface area (Å²) >= 11 is 1.05. The van der Waals surface area contributed by atoms with Crippen LogP contribution in [0, 0.1) is 16.0 Å². The van der Waals surface area contributed by atoms with E-state index in [0.29, 0.717) is 68.5 Å². The molecule has 4 aliphatic rings. The first kappa shape index (κ1) is 34.2. The minimum Gasteiger partial charge on any atom is -0.342 e. The van der Waals surface area contributed by atoms with Crippen molar-refractivity contribution >= 4 is 52.1 Å². The van der Waals surface area contributed by atoms with Gasteiger partial charge in [-0.25, -0.2) is 4.98 Å². The smallest absolute Gasteiger partial charge is 0.271 e. The Bertz CT molecular complexity index is 1450. The molecule has 5 heterocycles. The summed E-state index contributed by atoms with van der Waals surface area (Å²) in [6.45, 7) is 4.69. The predicted octanol–water partition coefficient (Wildman–Crippen LogP) is 4.07. The molecule has 0 unspecified atom stereocenters. The number of nitrogens with zero attached hydrogens (tertiary/aromatic N) is 7. The number of carbonyl (C=O) groups excluding carboxylic acids is 4. The van der Waals surface area contributed by atoms with Crippen LogP contribution in [0.1, 0.15) is 77.0 Å². The number of carbonyl (C=O) groups is 4. The average molecular weight is 682 g/mol. The molecule has 0 saturated carbocycles. The van der Waals surface area contributed by atoms with Gasteiger partial charge in [0.25, 0.3) is 5.69 Å². The van der Waals surface area contributed by atoms with E-state index in [1.807, 2.05) is 0 Å². The summed E-state index contributed by atoms with van der Waals surface area (Å²) in [5.41, 5.74) is 0.691. The van der Waals surface area contributed by atoms with Gasteiger partial charge in [0, 0.05) is 71.0 Å². The van der Waals surface area contributed by atoms with Crippen molar-refractivity contribution in [2.75, 3.05) is 52.4 Å². The largest absolute Gasteiger partial charge is 0.342 e. The molecule has 0 bridgehead atoms. The van der Waals surface area contributed by atoms with E-state index in [4.69, 9.17) is 4.98 Å². The summed E-state index contributed by atoms with van der Waals surface area (Å²) in [5.74, 6) is -2.00. The third-order valence-corrected chi connectivity index (χ3v) is 11.4. The van der Waals surface area contributed by atoms with E-state index in [0.717, 1.165) is 88.8 Å². The first-order valence-corrected chi connectivity index (χ1v) is 18.7. The van der Waals surface area contributed by atoms with Gasteiger partial charge in [-0.1, -0.05) is 11.8 Å². The van der Waals surface area contributed by atoms with Crippen molar-refractivity contribution in [1.29, 1.82) is 0 Å². The second-order valence-corrected chi connectivity index (χ2v) is 14.6. The molecule has 0 atom stereocenters. The van der Waals surface area contributed by atoms with Crippen LogP contribution in [0.4, 0.5) is 5.69 Å². The molecule has 4 saturated heterocycles. The van der Waals surface area contributed by atoms with Crippen LogP contribution < -0.4 is 0 Å². The zero-order chi connectivity index (χ0) is 33.6. The molecule has 4 aliphatic heterocycles. The van der Waals surface area contributed by atoms with Crippen LogP contribution in [0.3, 0.4) is 0 Å². The molecule has 1 aromatic carbocycles. The molecule has 2 aromatic rings. The quantitative estimate of drug-likeness (QED) is 0.167. The fourth-order valence-electron chi connectivity index (χ4n) is 7.46. The van der Waals surface area contributed by atoms with Gasteiger partial charge in [0.05, 0.1) is 16.0 Å². The lowest BCUT2D eigenvalue weighted by Crippen LogP contribution is -2.50. The van der Waals surface area contributed by atoms with Crippen LogP contribution in [0.25, 0.3) is 11.0 Å². The molecule has 13 nitrogen and oxygen atoms in total. The summed E-state index contributed by atoms with van der Waals surface area (Å²) < 4.78 is 1.75. The van der Waals surface area contributed by atoms with Crippen molar-refractivity contribution in [3.8, 4) is 0 Å². The maximum atomic E-state index is 14.2. The van der Waals surface area contributed by atoms with Gasteiger partial charge in [0.1, 0.15) is 5.92 Å². The molecule has 0 N–H and O–H groups in total. The summed E-state index contributed by atoms with van der Waals surface area (Å²) in [6.07, 6.45) is 11.2. The lowest BCUT2D eigenvalue weighted by Gasteiger charge is -2.35. The minimum absolute atomic E-state index is 0.0379. The topological polar surface area (TPSA) is 142 Å². The second-order valence-electron chi connectivity index (χ2n) is 13.5. The predicted molar refractivity (Wildman–Crippen MR) is 181 cm³/mol. The number of aromatic nitrogens is 2. The first-order valence-electron chi connectivity index (χ1n) is 17.8. The van der Waals surface area contributed by atoms with Gasteiger partial charge in [-0.15, -0.1) is 0 Å². The van der Waals surface area contributed by atoms with Crippen molar-refractivity contribution < 1.29 is 24.1 Å². The fraction of sp³-hybridized carbons (Fsp3) is 0.676. The Morgan fingerprint density at radius 3 is 1.50 bits per heavy atom. The fourth-order valence-corrected chi connectivity index (χ4v) is 8.62. The van der Waals surface area contributed by atoms with Crippen LogP contribution in [-0.4, -0.2) is 115 Å². The van der Waals surface area contributed by atoms with E-state index in [9.17, 15) is 29.3 Å². The highest BCUT2D eigenvalue weighted by molar-refractivity contribution is 8.01. The number of hydrogen-bond acceptors (Lipinski definition) is 8. The number of likely N-dealkylation sites (tertiary alicyclic amines) is 4. The van der Waals surface area contributed by atoms with Crippen molar-refractivity contribution in [3.63, 3.8) is 0 Å². The number of imidazole rings is 1. The molecule has 4 amide bonds. The number of non-ortho nitro benzene ring substituents is 1. The van der Waals surface area contributed by atoms with Gasteiger partial charge in [-0.2, -0.15) is 0 Å². The third kappa shape index (κ3) is 7.63. The molecular weight excluding hydrogens is 634 g/mol. The average Bonchev–Trinajstić information content (AvgIpc) is 3.48. The summed E-state index contributed by atoms with van der Waals surface area (Å²) in [5, 5.41) is 10.9. The van der Waals surface area contributed by atoms with Gasteiger partial charge >= 0.3 is 0 Å². The summed E-state index contributed by atoms with van der Waals surface area (Å²) in [4.78, 5) is 79.7. The van der Waals surface area contributed by atoms with Gasteiger partial charge < -0.3 is 24.2 Å². The Kier molecular flexibility index (Phi) is 11.2. The van der Waals surface area contributed by atoms with Crippen LogP contribution in [0.5, 0.6) is 0 Å². The number of amides is 4. The highest BCUT2D eigenvalue weighted by atomic mass is 32.2. The zero-order valence-corrected chi connectivity index (χ0v) is 28.5. The Balaban J connectivity index is 1.40. The van der Waals surface area contributed by atoms with Crippen molar-refractivity contribution in [2.45, 2.75) is 94.0 Å². The second kappa shape index (κ2) is 15.7. The Morgan fingerprint density at radius 1 is 0.667 bits per heavy atom. The highest BCUT2D eigenvalue weighted by Gasteiger charge is 2.40. The summed E-state index contributed by atoms with van der Waals surface area (Å²) in [7, 11) is 0. The van der Waals surface area contributed by atoms with Crippen LogP contribution in [0.15, 0.2) is 23.4 Å². The number of nitro groups is 1. The van der Waals surface area contributed by atoms with Gasteiger partial charge in [0.2, 0.25) is 23.6 Å². The van der Waals surface area contributed by atoms with Crippen LogP contribution in [-0.2, 0) is 25.7 Å². The van der Waals surface area contributed by atoms with E-state index in [1.165, 1.54) is 12.1 Å². The highest BCUT2D eigenvalue weighted by Crippen LogP contribution is 2.33. The molecule has 6 rings (SSSR count). The number of thioether (sulfide) groups is 1. The van der Waals surface area contributed by atoms with Crippen LogP contribution in [0.2, 0.25) is 0 Å². The van der Waals surface area contributed by atoms with Gasteiger partial charge in [0.15, 0.2) is 10.4 Å². The molecule has 4 fully saturated rings. The van der Waals surface area contributed by atoms with Gasteiger partial charge in [-0.3, -0.25) is 29.3 Å². The molecule has 1 aromatic heterocycles. The SMILES string of the molecule is O=C(C(Cn1c(SC(C(=O)N2CCCCC2)C(=O)N2CCCCC2)nc2cc([N+](=O)[O-])ccc21)C(=O)N1CCCCC1)N1CCCCC1. The molecule has 48 heavy (non-hydrogen) atoms. The minimum atomic E-state index is -1.10. The third-order valence-electron chi connectivity index (χ3n) is 10.2. The maximum Gasteiger partial charge on any atom is 0.271 e. The first-order chi connectivity index (χ1) is 23.3. The molecule has 0 aliphatic carbocycles. The number of piperidine rings is 4. The number of rotatable bonds is 9. The summed E-state index contributed by atoms with van der Waals surface area (Å²) in [6, 6.07) is 4.35. The number of nitro benzene ring substituents is 1. The van der Waals surface area contributed by atoms with E-state index in [1.54, 1.807) is 30.2 Å². The monoisotopic (exact) mass is 681 g/mol. The lowest BCUT2D eigenvalue weighted by atomic mass is 10.0. The number of hydrogen-bond donors (Lipinski definition) is 0. The number of fused-ring (bicyclic) bond motifs is 1. The van der Waals surface area contributed by atoms with E-state index < -0.39 is 16.1 Å². The van der Waals surface area contributed by atoms with Crippen LogP contribution >= 0.6 is 11.8 Å². The number of benzene rings is 1. The van der Waals surface area contributed by atoms with E-state index >= 15 is 0 Å². The Hall–Kier alpha value is -3.68. The molecule has 0 radical (unpaired) electrons. The molecule has 14 heteroatoms. The normalized spacial score (nSPS) is 19.3. The molecular formula is C34H47N7O6S. The molecule has 0 spiro atoms. The van der Waals surface area contributed by atoms with Crippen molar-refractivity contribution in [2.24, 2.45) is 5.92 Å². The van der Waals surface area contributed by atoms with Gasteiger partial charge in [-0.05, 0) is 83.1 Å². The molecule has 260 valence electrons. The standard InChI is InChI=1S/C34H47N7O6S/c42-30(36-15-5-1-6-16-36)26(31(43)37-17-7-2-8-18-37)24-40-28-14-13-25(41(46)47)23-27(28)35-34(40)48-29(32(44)38-19-9-3-10-20-38)33(45)39-21-11-4-12-22-39/h13-14,23,26,29H,1-12,15-22,24H2. The van der Waals surface area contributed by atoms with Crippen molar-refractivity contribution in [3.05, 3.63) is 28.3 Å². The maximum absolute atomic E-state index is 14.2. The lowest BCUT2D eigenvalue weighted by molar-refractivity contribution is -0.384. The van der Waals surface area contributed by atoms with Crippen molar-refractivity contribution in [1.82, 2.24) is 29.2 Å².